The molecule has 0 saturated heterocycles. The standard InChI is InChI=1S/C25H26N2O5/c1-30-21-11-9-20(10-12-21)27-25(29)18-5-7-19(8-6-18)26-24(28)4-3-17-32-23-15-13-22(31-2)14-16-23/h5-16H,3-4,17H2,1-2H3,(H,26,28)(H,27,29). The number of benzene rings is 3. The highest BCUT2D eigenvalue weighted by Crippen LogP contribution is 2.18. The molecular formula is C25H26N2O5. The van der Waals surface area contributed by atoms with Gasteiger partial charge in [-0.05, 0) is 79.2 Å². The van der Waals surface area contributed by atoms with Gasteiger partial charge in [0.2, 0.25) is 5.91 Å². The van der Waals surface area contributed by atoms with Crippen molar-refractivity contribution in [1.82, 2.24) is 0 Å². The second-order valence-corrected chi connectivity index (χ2v) is 6.94. The van der Waals surface area contributed by atoms with E-state index in [9.17, 15) is 9.59 Å². The van der Waals surface area contributed by atoms with Gasteiger partial charge in [0.15, 0.2) is 0 Å². The smallest absolute Gasteiger partial charge is 0.255 e. The average molecular weight is 434 g/mol. The number of anilines is 2. The molecule has 32 heavy (non-hydrogen) atoms. The molecule has 0 bridgehead atoms. The Balaban J connectivity index is 1.40. The lowest BCUT2D eigenvalue weighted by Gasteiger charge is -2.09. The van der Waals surface area contributed by atoms with Crippen LogP contribution >= 0.6 is 0 Å². The fraction of sp³-hybridized carbons (Fsp3) is 0.200. The van der Waals surface area contributed by atoms with E-state index in [2.05, 4.69) is 10.6 Å². The Hall–Kier alpha value is -4.00. The summed E-state index contributed by atoms with van der Waals surface area (Å²) < 4.78 is 15.8. The number of hydrogen-bond donors (Lipinski definition) is 2. The molecule has 2 N–H and O–H groups in total. The minimum absolute atomic E-state index is 0.112. The lowest BCUT2D eigenvalue weighted by Crippen LogP contribution is -2.14. The Labute approximate surface area is 187 Å². The molecule has 0 spiro atoms. The van der Waals surface area contributed by atoms with Crippen molar-refractivity contribution in [1.29, 1.82) is 0 Å². The van der Waals surface area contributed by atoms with E-state index < -0.39 is 0 Å². The first-order valence-corrected chi connectivity index (χ1v) is 10.2. The molecule has 3 aromatic rings. The van der Waals surface area contributed by atoms with Crippen LogP contribution in [0.4, 0.5) is 11.4 Å². The first-order chi connectivity index (χ1) is 15.6. The number of nitrogens with one attached hydrogen (secondary N) is 2. The number of carbonyl (C=O) groups excluding carboxylic acids is 2. The first kappa shape index (κ1) is 22.7. The van der Waals surface area contributed by atoms with E-state index in [-0.39, 0.29) is 11.8 Å². The highest BCUT2D eigenvalue weighted by molar-refractivity contribution is 6.04. The molecule has 0 radical (unpaired) electrons. The normalized spacial score (nSPS) is 10.2. The molecular weight excluding hydrogens is 408 g/mol. The lowest BCUT2D eigenvalue weighted by atomic mass is 10.2. The predicted octanol–water partition coefficient (Wildman–Crippen LogP) is 4.75. The van der Waals surface area contributed by atoms with Crippen molar-refractivity contribution in [3.63, 3.8) is 0 Å². The van der Waals surface area contributed by atoms with E-state index in [1.807, 2.05) is 24.3 Å². The Bertz CT molecular complexity index is 1020. The van der Waals surface area contributed by atoms with Gasteiger partial charge < -0.3 is 24.8 Å². The Morgan fingerprint density at radius 3 is 1.78 bits per heavy atom. The zero-order valence-corrected chi connectivity index (χ0v) is 18.1. The molecule has 3 aromatic carbocycles. The molecule has 3 rings (SSSR count). The van der Waals surface area contributed by atoms with E-state index in [1.54, 1.807) is 62.8 Å². The van der Waals surface area contributed by atoms with Crippen molar-refractivity contribution in [2.75, 3.05) is 31.5 Å². The van der Waals surface area contributed by atoms with Crippen LogP contribution in [0, 0.1) is 0 Å². The van der Waals surface area contributed by atoms with E-state index >= 15 is 0 Å². The molecule has 166 valence electrons. The number of rotatable bonds is 10. The van der Waals surface area contributed by atoms with Gasteiger partial charge in [-0.15, -0.1) is 0 Å². The number of methoxy groups -OCH3 is 2. The third kappa shape index (κ3) is 6.77. The Kier molecular flexibility index (Phi) is 8.09. The fourth-order valence-electron chi connectivity index (χ4n) is 2.90. The van der Waals surface area contributed by atoms with Gasteiger partial charge in [-0.1, -0.05) is 0 Å². The van der Waals surface area contributed by atoms with Gasteiger partial charge in [-0.25, -0.2) is 0 Å². The summed E-state index contributed by atoms with van der Waals surface area (Å²) in [6.45, 7) is 0.435. The Morgan fingerprint density at radius 1 is 0.688 bits per heavy atom. The minimum Gasteiger partial charge on any atom is -0.497 e. The highest BCUT2D eigenvalue weighted by Gasteiger charge is 2.08. The van der Waals surface area contributed by atoms with Crippen LogP contribution in [0.1, 0.15) is 23.2 Å². The van der Waals surface area contributed by atoms with Gasteiger partial charge in [-0.3, -0.25) is 9.59 Å². The van der Waals surface area contributed by atoms with E-state index in [1.165, 1.54) is 0 Å². The summed E-state index contributed by atoms with van der Waals surface area (Å²) in [6.07, 6.45) is 0.913. The van der Waals surface area contributed by atoms with E-state index in [0.29, 0.717) is 36.4 Å². The maximum Gasteiger partial charge on any atom is 0.255 e. The SMILES string of the molecule is COc1ccc(NC(=O)c2ccc(NC(=O)CCCOc3ccc(OC)cc3)cc2)cc1. The van der Waals surface area contributed by atoms with Crippen molar-refractivity contribution in [2.45, 2.75) is 12.8 Å². The zero-order valence-electron chi connectivity index (χ0n) is 18.1. The molecule has 7 nitrogen and oxygen atoms in total. The Morgan fingerprint density at radius 2 is 1.19 bits per heavy atom. The van der Waals surface area contributed by atoms with Crippen LogP contribution in [0.3, 0.4) is 0 Å². The number of hydrogen-bond acceptors (Lipinski definition) is 5. The molecule has 0 heterocycles. The summed E-state index contributed by atoms with van der Waals surface area (Å²) in [4.78, 5) is 24.5. The summed E-state index contributed by atoms with van der Waals surface area (Å²) in [5, 5.41) is 5.65. The van der Waals surface area contributed by atoms with E-state index in [4.69, 9.17) is 14.2 Å². The summed E-state index contributed by atoms with van der Waals surface area (Å²) in [7, 11) is 3.20. The molecule has 0 unspecified atom stereocenters. The van der Waals surface area contributed by atoms with Crippen molar-refractivity contribution >= 4 is 23.2 Å². The van der Waals surface area contributed by atoms with Crippen LogP contribution in [0.5, 0.6) is 17.2 Å². The van der Waals surface area contributed by atoms with Crippen molar-refractivity contribution in [3.8, 4) is 17.2 Å². The van der Waals surface area contributed by atoms with Crippen LogP contribution in [-0.4, -0.2) is 32.6 Å². The fourth-order valence-corrected chi connectivity index (χ4v) is 2.90. The predicted molar refractivity (Wildman–Crippen MR) is 124 cm³/mol. The van der Waals surface area contributed by atoms with Crippen LogP contribution in [0.2, 0.25) is 0 Å². The molecule has 0 aliphatic carbocycles. The van der Waals surface area contributed by atoms with E-state index in [0.717, 1.165) is 17.2 Å². The van der Waals surface area contributed by atoms with Crippen LogP contribution in [0.25, 0.3) is 0 Å². The lowest BCUT2D eigenvalue weighted by molar-refractivity contribution is -0.116. The molecule has 0 saturated carbocycles. The van der Waals surface area contributed by atoms with Gasteiger partial charge in [0, 0.05) is 23.4 Å². The molecule has 0 atom stereocenters. The molecule has 0 aromatic heterocycles. The number of amides is 2. The van der Waals surface area contributed by atoms with Crippen molar-refractivity contribution in [3.05, 3.63) is 78.4 Å². The molecule has 0 fully saturated rings. The summed E-state index contributed by atoms with van der Waals surface area (Å²) in [5.41, 5.74) is 1.80. The van der Waals surface area contributed by atoms with Crippen molar-refractivity contribution in [2.24, 2.45) is 0 Å². The van der Waals surface area contributed by atoms with Crippen LogP contribution < -0.4 is 24.8 Å². The maximum atomic E-state index is 12.4. The molecule has 0 aliphatic heterocycles. The number of carbonyl (C=O) groups is 2. The van der Waals surface area contributed by atoms with Crippen molar-refractivity contribution < 1.29 is 23.8 Å². The zero-order chi connectivity index (χ0) is 22.8. The molecule has 7 heteroatoms. The highest BCUT2D eigenvalue weighted by atomic mass is 16.5. The monoisotopic (exact) mass is 434 g/mol. The second kappa shape index (κ2) is 11.4. The molecule has 2 amide bonds. The van der Waals surface area contributed by atoms with Gasteiger partial charge in [0.05, 0.1) is 20.8 Å². The topological polar surface area (TPSA) is 85.9 Å². The third-order valence-corrected chi connectivity index (χ3v) is 4.66. The third-order valence-electron chi connectivity index (χ3n) is 4.66. The van der Waals surface area contributed by atoms with Gasteiger partial charge in [0.25, 0.3) is 5.91 Å². The summed E-state index contributed by atoms with van der Waals surface area (Å²) in [6, 6.07) is 21.1. The van der Waals surface area contributed by atoms with Gasteiger partial charge in [0.1, 0.15) is 17.2 Å². The van der Waals surface area contributed by atoms with Crippen LogP contribution in [0.15, 0.2) is 72.8 Å². The quantitative estimate of drug-likeness (QED) is 0.450. The summed E-state index contributed by atoms with van der Waals surface area (Å²) in [5.74, 6) is 1.87. The van der Waals surface area contributed by atoms with Gasteiger partial charge >= 0.3 is 0 Å². The first-order valence-electron chi connectivity index (χ1n) is 10.2. The minimum atomic E-state index is -0.233. The second-order valence-electron chi connectivity index (χ2n) is 6.94. The summed E-state index contributed by atoms with van der Waals surface area (Å²) >= 11 is 0. The molecule has 0 aliphatic rings. The van der Waals surface area contributed by atoms with Gasteiger partial charge in [-0.2, -0.15) is 0 Å². The largest absolute Gasteiger partial charge is 0.497 e. The van der Waals surface area contributed by atoms with Crippen LogP contribution in [-0.2, 0) is 4.79 Å². The number of ether oxygens (including phenoxy) is 3. The average Bonchev–Trinajstić information content (AvgIpc) is 2.83. The maximum absolute atomic E-state index is 12.4.